The predicted molar refractivity (Wildman–Crippen MR) is 134 cm³/mol. The number of nitrogens with one attached hydrogen (secondary N) is 1. The number of non-ortho nitro benzene ring substituents is 1. The van der Waals surface area contributed by atoms with Crippen molar-refractivity contribution in [2.24, 2.45) is 0 Å². The largest absolute Gasteiger partial charge is 0.349 e. The number of nitro benzene ring substituents is 1. The second-order valence-electron chi connectivity index (χ2n) is 9.14. The Labute approximate surface area is 207 Å². The molecule has 0 saturated carbocycles. The summed E-state index contributed by atoms with van der Waals surface area (Å²) in [6.07, 6.45) is 5.66. The van der Waals surface area contributed by atoms with Crippen molar-refractivity contribution in [1.29, 1.82) is 0 Å². The standard InChI is InChI=1S/C26H24N6O4/c1-26(2,3)30-24(33)23(17-8-10-19(11-9-17)32(35)36)31(25(34)22-16-27-12-13-28-22)20-14-18-6-4-5-7-21(18)29-15-20/h4-16,23H,1-3H3,(H,30,33). The molecule has 0 aliphatic heterocycles. The molecule has 2 aromatic carbocycles. The first-order valence-corrected chi connectivity index (χ1v) is 11.1. The van der Waals surface area contributed by atoms with Crippen LogP contribution in [0, 0.1) is 10.1 Å². The van der Waals surface area contributed by atoms with Crippen molar-refractivity contribution < 1.29 is 14.5 Å². The van der Waals surface area contributed by atoms with Gasteiger partial charge in [0.15, 0.2) is 0 Å². The lowest BCUT2D eigenvalue weighted by Gasteiger charge is -2.33. The number of fused-ring (bicyclic) bond motifs is 1. The molecular formula is C26H24N6O4. The maximum absolute atomic E-state index is 13.8. The fraction of sp³-hybridized carbons (Fsp3) is 0.192. The molecule has 2 aromatic heterocycles. The number of hydrogen-bond acceptors (Lipinski definition) is 7. The van der Waals surface area contributed by atoms with E-state index in [2.05, 4.69) is 20.3 Å². The van der Waals surface area contributed by atoms with Gasteiger partial charge in [0, 0.05) is 35.5 Å². The Bertz CT molecular complexity index is 1420. The molecule has 4 aromatic rings. The minimum absolute atomic E-state index is 0.0288. The maximum Gasteiger partial charge on any atom is 0.279 e. The van der Waals surface area contributed by atoms with Gasteiger partial charge in [0.2, 0.25) is 5.91 Å². The summed E-state index contributed by atoms with van der Waals surface area (Å²) in [5.74, 6) is -1.05. The molecule has 10 nitrogen and oxygen atoms in total. The number of nitrogens with zero attached hydrogens (tertiary/aromatic N) is 5. The number of pyridine rings is 1. The minimum atomic E-state index is -1.18. The highest BCUT2D eigenvalue weighted by Crippen LogP contribution is 2.32. The summed E-state index contributed by atoms with van der Waals surface area (Å²) in [6, 6.07) is 13.5. The van der Waals surface area contributed by atoms with Crippen LogP contribution in [0.15, 0.2) is 79.4 Å². The van der Waals surface area contributed by atoms with Crippen LogP contribution in [-0.2, 0) is 4.79 Å². The van der Waals surface area contributed by atoms with Gasteiger partial charge in [-0.15, -0.1) is 0 Å². The van der Waals surface area contributed by atoms with Crippen molar-refractivity contribution >= 4 is 34.1 Å². The second-order valence-corrected chi connectivity index (χ2v) is 9.14. The number of rotatable bonds is 6. The van der Waals surface area contributed by atoms with Crippen molar-refractivity contribution in [3.63, 3.8) is 0 Å². The van der Waals surface area contributed by atoms with E-state index in [1.165, 1.54) is 54.0 Å². The van der Waals surface area contributed by atoms with Gasteiger partial charge in [-0.1, -0.05) is 18.2 Å². The lowest BCUT2D eigenvalue weighted by Crippen LogP contribution is -2.49. The van der Waals surface area contributed by atoms with Gasteiger partial charge in [-0.25, -0.2) is 4.98 Å². The maximum atomic E-state index is 13.8. The van der Waals surface area contributed by atoms with Crippen LogP contribution >= 0.6 is 0 Å². The molecule has 2 heterocycles. The Balaban J connectivity index is 1.92. The quantitative estimate of drug-likeness (QED) is 0.320. The van der Waals surface area contributed by atoms with E-state index in [0.717, 1.165) is 10.9 Å². The summed E-state index contributed by atoms with van der Waals surface area (Å²) >= 11 is 0. The third-order valence-corrected chi connectivity index (χ3v) is 5.28. The predicted octanol–water partition coefficient (Wildman–Crippen LogP) is 4.24. The third kappa shape index (κ3) is 5.33. The summed E-state index contributed by atoms with van der Waals surface area (Å²) in [7, 11) is 0. The van der Waals surface area contributed by atoms with E-state index in [1.54, 1.807) is 6.07 Å². The third-order valence-electron chi connectivity index (χ3n) is 5.28. The van der Waals surface area contributed by atoms with Crippen molar-refractivity contribution in [2.45, 2.75) is 32.4 Å². The molecule has 1 unspecified atom stereocenters. The number of para-hydroxylation sites is 1. The fourth-order valence-electron chi connectivity index (χ4n) is 3.74. The summed E-state index contributed by atoms with van der Waals surface area (Å²) in [6.45, 7) is 5.47. The normalized spacial score (nSPS) is 12.1. The van der Waals surface area contributed by atoms with E-state index in [4.69, 9.17) is 0 Å². The Morgan fingerprint density at radius 1 is 1.00 bits per heavy atom. The van der Waals surface area contributed by atoms with Crippen molar-refractivity contribution in [3.05, 3.63) is 101 Å². The summed E-state index contributed by atoms with van der Waals surface area (Å²) in [5.41, 5.74) is 0.747. The van der Waals surface area contributed by atoms with Gasteiger partial charge in [-0.3, -0.25) is 34.6 Å². The van der Waals surface area contributed by atoms with E-state index in [1.807, 2.05) is 45.0 Å². The summed E-state index contributed by atoms with van der Waals surface area (Å²) in [5, 5.41) is 14.9. The molecule has 0 aliphatic rings. The van der Waals surface area contributed by atoms with Crippen LogP contribution in [0.1, 0.15) is 42.9 Å². The molecule has 1 N–H and O–H groups in total. The van der Waals surface area contributed by atoms with Crippen LogP contribution in [-0.4, -0.2) is 37.2 Å². The molecule has 0 fully saturated rings. The topological polar surface area (TPSA) is 131 Å². The van der Waals surface area contributed by atoms with Gasteiger partial charge in [-0.05, 0) is 50.6 Å². The molecule has 0 aliphatic carbocycles. The van der Waals surface area contributed by atoms with Crippen LogP contribution < -0.4 is 10.2 Å². The first-order valence-electron chi connectivity index (χ1n) is 11.1. The SMILES string of the molecule is CC(C)(C)NC(=O)C(c1ccc([N+](=O)[O-])cc1)N(C(=O)c1cnccn1)c1cnc2ccccc2c1. The smallest absolute Gasteiger partial charge is 0.279 e. The lowest BCUT2D eigenvalue weighted by atomic mass is 10.00. The number of benzene rings is 2. The molecule has 36 heavy (non-hydrogen) atoms. The highest BCUT2D eigenvalue weighted by Gasteiger charge is 2.36. The van der Waals surface area contributed by atoms with Crippen LogP contribution in [0.5, 0.6) is 0 Å². The van der Waals surface area contributed by atoms with Crippen molar-refractivity contribution in [2.75, 3.05) is 4.90 Å². The number of aromatic nitrogens is 3. The average Bonchev–Trinajstić information content (AvgIpc) is 2.86. The molecule has 4 rings (SSSR count). The van der Waals surface area contributed by atoms with E-state index >= 15 is 0 Å². The van der Waals surface area contributed by atoms with E-state index in [0.29, 0.717) is 11.3 Å². The molecule has 10 heteroatoms. The molecule has 182 valence electrons. The first kappa shape index (κ1) is 24.4. The van der Waals surface area contributed by atoms with Gasteiger partial charge >= 0.3 is 0 Å². The molecule has 0 radical (unpaired) electrons. The van der Waals surface area contributed by atoms with Gasteiger partial charge in [0.1, 0.15) is 11.7 Å². The first-order chi connectivity index (χ1) is 17.1. The van der Waals surface area contributed by atoms with Crippen molar-refractivity contribution in [3.8, 4) is 0 Å². The zero-order chi connectivity index (χ0) is 25.9. The van der Waals surface area contributed by atoms with E-state index in [-0.39, 0.29) is 11.4 Å². The molecule has 0 saturated heterocycles. The Hall–Kier alpha value is -4.73. The van der Waals surface area contributed by atoms with E-state index in [9.17, 15) is 19.7 Å². The molecule has 0 spiro atoms. The number of amides is 2. The highest BCUT2D eigenvalue weighted by atomic mass is 16.6. The van der Waals surface area contributed by atoms with Crippen molar-refractivity contribution in [1.82, 2.24) is 20.3 Å². The molecule has 1 atom stereocenters. The minimum Gasteiger partial charge on any atom is -0.349 e. The number of carbonyl (C=O) groups excluding carboxylic acids is 2. The molecule has 0 bridgehead atoms. The van der Waals surface area contributed by atoms with Crippen LogP contribution in [0.25, 0.3) is 10.9 Å². The molecular weight excluding hydrogens is 460 g/mol. The highest BCUT2D eigenvalue weighted by molar-refractivity contribution is 6.09. The number of anilines is 1. The van der Waals surface area contributed by atoms with Crippen LogP contribution in [0.4, 0.5) is 11.4 Å². The molecule has 2 amide bonds. The Morgan fingerprint density at radius 2 is 1.72 bits per heavy atom. The van der Waals surface area contributed by atoms with Gasteiger partial charge in [0.25, 0.3) is 11.6 Å². The second kappa shape index (κ2) is 9.87. The lowest BCUT2D eigenvalue weighted by molar-refractivity contribution is -0.384. The van der Waals surface area contributed by atoms with Gasteiger partial charge in [-0.2, -0.15) is 0 Å². The van der Waals surface area contributed by atoms with Gasteiger partial charge in [0.05, 0.1) is 28.5 Å². The average molecular weight is 485 g/mol. The van der Waals surface area contributed by atoms with Gasteiger partial charge < -0.3 is 5.32 Å². The monoisotopic (exact) mass is 484 g/mol. The zero-order valence-corrected chi connectivity index (χ0v) is 20.0. The Kier molecular flexibility index (Phi) is 6.69. The summed E-state index contributed by atoms with van der Waals surface area (Å²) in [4.78, 5) is 52.1. The van der Waals surface area contributed by atoms with E-state index < -0.39 is 28.3 Å². The summed E-state index contributed by atoms with van der Waals surface area (Å²) < 4.78 is 0. The fourth-order valence-corrected chi connectivity index (χ4v) is 3.74. The van der Waals surface area contributed by atoms with Crippen LogP contribution in [0.2, 0.25) is 0 Å². The van der Waals surface area contributed by atoms with Crippen LogP contribution in [0.3, 0.4) is 0 Å². The number of carbonyl (C=O) groups is 2. The zero-order valence-electron chi connectivity index (χ0n) is 20.0. The number of hydrogen-bond donors (Lipinski definition) is 1. The number of nitro groups is 1. The Morgan fingerprint density at radius 3 is 2.36 bits per heavy atom.